The molecule has 0 aliphatic heterocycles. The van der Waals surface area contributed by atoms with E-state index in [1.54, 1.807) is 6.07 Å². The van der Waals surface area contributed by atoms with Crippen LogP contribution in [0.5, 0.6) is 0 Å². The van der Waals surface area contributed by atoms with E-state index in [4.69, 9.17) is 10.4 Å². The van der Waals surface area contributed by atoms with Crippen LogP contribution in [-0.4, -0.2) is 16.0 Å². The molecule has 0 saturated heterocycles. The Labute approximate surface area is 95.7 Å². The Morgan fingerprint density at radius 3 is 2.69 bits per heavy atom. The molecule has 7 heteroatoms. The number of nitriles is 1. The van der Waals surface area contributed by atoms with Crippen LogP contribution in [0.3, 0.4) is 0 Å². The average molecular weight is 238 g/mol. The van der Waals surface area contributed by atoms with Gasteiger partial charge in [-0.1, -0.05) is 0 Å². The lowest BCUT2D eigenvalue weighted by Crippen LogP contribution is -2.05. The zero-order valence-electron chi connectivity index (χ0n) is 7.88. The average Bonchev–Trinajstić information content (AvgIpc) is 2.14. The summed E-state index contributed by atoms with van der Waals surface area (Å²) in [5.74, 6) is -1.20. The van der Waals surface area contributed by atoms with Gasteiger partial charge >= 0.3 is 5.97 Å². The van der Waals surface area contributed by atoms with E-state index >= 15 is 0 Å². The molecule has 0 atom stereocenters. The molecule has 0 fully saturated rings. The van der Waals surface area contributed by atoms with E-state index in [1.165, 1.54) is 12.1 Å². The topological polar surface area (TPSA) is 104 Å². The van der Waals surface area contributed by atoms with Gasteiger partial charge in [0, 0.05) is 10.5 Å². The van der Waals surface area contributed by atoms with Crippen LogP contribution >= 0.6 is 12.6 Å². The molecule has 0 aliphatic rings. The highest BCUT2D eigenvalue weighted by Crippen LogP contribution is 2.27. The Balaban J connectivity index is 3.45. The van der Waals surface area contributed by atoms with Crippen molar-refractivity contribution in [2.45, 2.75) is 11.3 Å². The van der Waals surface area contributed by atoms with Crippen LogP contribution in [-0.2, 0) is 11.2 Å². The highest BCUT2D eigenvalue weighted by molar-refractivity contribution is 7.80. The van der Waals surface area contributed by atoms with E-state index in [0.717, 1.165) is 0 Å². The van der Waals surface area contributed by atoms with Gasteiger partial charge in [-0.2, -0.15) is 5.26 Å². The molecular weight excluding hydrogens is 232 g/mol. The van der Waals surface area contributed by atoms with Gasteiger partial charge in [-0.3, -0.25) is 14.9 Å². The lowest BCUT2D eigenvalue weighted by atomic mass is 10.1. The van der Waals surface area contributed by atoms with Crippen molar-refractivity contribution in [1.29, 1.82) is 5.26 Å². The number of benzene rings is 1. The van der Waals surface area contributed by atoms with E-state index < -0.39 is 23.0 Å². The van der Waals surface area contributed by atoms with E-state index in [9.17, 15) is 14.9 Å². The second kappa shape index (κ2) is 4.63. The van der Waals surface area contributed by atoms with Crippen molar-refractivity contribution in [3.8, 4) is 6.07 Å². The molecule has 0 aliphatic carbocycles. The maximum Gasteiger partial charge on any atom is 0.308 e. The van der Waals surface area contributed by atoms with Crippen molar-refractivity contribution >= 4 is 24.3 Å². The van der Waals surface area contributed by atoms with Crippen molar-refractivity contribution in [3.63, 3.8) is 0 Å². The van der Waals surface area contributed by atoms with Gasteiger partial charge in [-0.25, -0.2) is 0 Å². The zero-order valence-corrected chi connectivity index (χ0v) is 8.77. The van der Waals surface area contributed by atoms with Gasteiger partial charge < -0.3 is 5.11 Å². The predicted molar refractivity (Wildman–Crippen MR) is 56.4 cm³/mol. The van der Waals surface area contributed by atoms with E-state index in [0.29, 0.717) is 4.90 Å². The molecule has 1 N–H and O–H groups in total. The summed E-state index contributed by atoms with van der Waals surface area (Å²) in [6.45, 7) is 0. The number of hydrogen-bond acceptors (Lipinski definition) is 5. The first-order chi connectivity index (χ1) is 7.45. The molecular formula is C9H6N2O4S. The number of nitrogens with zero attached hydrogens (tertiary/aromatic N) is 2. The lowest BCUT2D eigenvalue weighted by molar-refractivity contribution is -0.385. The van der Waals surface area contributed by atoms with Crippen LogP contribution in [0.1, 0.15) is 11.1 Å². The molecule has 6 nitrogen and oxygen atoms in total. The number of nitro benzene ring substituents is 1. The number of carboxylic acid groups (broad SMARTS) is 1. The predicted octanol–water partition coefficient (Wildman–Crippen LogP) is 1.38. The fourth-order valence-corrected chi connectivity index (χ4v) is 1.56. The highest BCUT2D eigenvalue weighted by Gasteiger charge is 2.22. The molecule has 0 saturated carbocycles. The molecule has 82 valence electrons. The molecule has 1 aromatic rings. The summed E-state index contributed by atoms with van der Waals surface area (Å²) in [6, 6.07) is 4.15. The Morgan fingerprint density at radius 1 is 1.62 bits per heavy atom. The van der Waals surface area contributed by atoms with Crippen molar-refractivity contribution < 1.29 is 14.8 Å². The van der Waals surface area contributed by atoms with Crippen molar-refractivity contribution in [2.24, 2.45) is 0 Å². The van der Waals surface area contributed by atoms with Gasteiger partial charge in [0.15, 0.2) is 0 Å². The molecule has 0 radical (unpaired) electrons. The fourth-order valence-electron chi connectivity index (χ4n) is 1.28. The van der Waals surface area contributed by atoms with Crippen LogP contribution in [0.2, 0.25) is 0 Å². The van der Waals surface area contributed by atoms with Gasteiger partial charge in [0.1, 0.15) is 11.6 Å². The third kappa shape index (κ3) is 2.49. The summed E-state index contributed by atoms with van der Waals surface area (Å²) in [7, 11) is 0. The second-order valence-electron chi connectivity index (χ2n) is 2.94. The standard InChI is InChI=1S/C9H6N2O4S/c10-4-6-2-7(16)1-5(3-8(12)13)9(6)11(14)15/h1-2,16H,3H2,(H,12,13). The normalized spacial score (nSPS) is 9.50. The summed E-state index contributed by atoms with van der Waals surface area (Å²) in [5, 5.41) is 28.0. The number of carboxylic acids is 1. The second-order valence-corrected chi connectivity index (χ2v) is 3.46. The van der Waals surface area contributed by atoms with Crippen LogP contribution in [0.15, 0.2) is 17.0 Å². The van der Waals surface area contributed by atoms with Gasteiger partial charge in [-0.15, -0.1) is 12.6 Å². The fraction of sp³-hybridized carbons (Fsp3) is 0.111. The minimum absolute atomic E-state index is 0.0263. The van der Waals surface area contributed by atoms with Crippen molar-refractivity contribution in [1.82, 2.24) is 0 Å². The molecule has 1 rings (SSSR count). The molecule has 0 spiro atoms. The van der Waals surface area contributed by atoms with Gasteiger partial charge in [0.2, 0.25) is 0 Å². The maximum absolute atomic E-state index is 10.7. The van der Waals surface area contributed by atoms with E-state index in [-0.39, 0.29) is 11.1 Å². The Morgan fingerprint density at radius 2 is 2.25 bits per heavy atom. The van der Waals surface area contributed by atoms with Crippen molar-refractivity contribution in [2.75, 3.05) is 0 Å². The molecule has 0 bridgehead atoms. The summed E-state index contributed by atoms with van der Waals surface area (Å²) < 4.78 is 0. The zero-order chi connectivity index (χ0) is 12.3. The molecule has 0 unspecified atom stereocenters. The first-order valence-electron chi connectivity index (χ1n) is 4.08. The van der Waals surface area contributed by atoms with Gasteiger partial charge in [0.25, 0.3) is 5.69 Å². The number of rotatable bonds is 3. The van der Waals surface area contributed by atoms with Gasteiger partial charge in [0.05, 0.1) is 11.3 Å². The van der Waals surface area contributed by atoms with Crippen LogP contribution in [0.25, 0.3) is 0 Å². The van der Waals surface area contributed by atoms with E-state index in [1.807, 2.05) is 0 Å². The largest absolute Gasteiger partial charge is 0.481 e. The molecule has 0 heterocycles. The SMILES string of the molecule is N#Cc1cc(S)cc(CC(=O)O)c1[N+](=O)[O-]. The van der Waals surface area contributed by atoms with Crippen LogP contribution in [0.4, 0.5) is 5.69 Å². The number of hydrogen-bond donors (Lipinski definition) is 2. The number of aliphatic carboxylic acids is 1. The van der Waals surface area contributed by atoms with Crippen LogP contribution < -0.4 is 0 Å². The Bertz CT molecular complexity index is 507. The number of carbonyl (C=O) groups is 1. The highest BCUT2D eigenvalue weighted by atomic mass is 32.1. The quantitative estimate of drug-likeness (QED) is 0.470. The first kappa shape index (κ1) is 12.0. The smallest absolute Gasteiger partial charge is 0.308 e. The third-order valence-electron chi connectivity index (χ3n) is 1.82. The summed E-state index contributed by atoms with van der Waals surface area (Å²) in [6.07, 6.45) is -0.514. The summed E-state index contributed by atoms with van der Waals surface area (Å²) in [4.78, 5) is 20.8. The minimum atomic E-state index is -1.20. The first-order valence-corrected chi connectivity index (χ1v) is 4.52. The summed E-state index contributed by atoms with van der Waals surface area (Å²) >= 11 is 3.95. The summed E-state index contributed by atoms with van der Waals surface area (Å²) in [5.41, 5.74) is -0.682. The van der Waals surface area contributed by atoms with Gasteiger partial charge in [-0.05, 0) is 12.1 Å². The lowest BCUT2D eigenvalue weighted by Gasteiger charge is -2.03. The Hall–Kier alpha value is -2.07. The molecule has 0 aromatic heterocycles. The van der Waals surface area contributed by atoms with E-state index in [2.05, 4.69) is 12.6 Å². The molecule has 0 amide bonds. The third-order valence-corrected chi connectivity index (χ3v) is 2.08. The number of thiol groups is 1. The van der Waals surface area contributed by atoms with Crippen LogP contribution in [0, 0.1) is 21.4 Å². The maximum atomic E-state index is 10.7. The Kier molecular flexibility index (Phi) is 3.48. The molecule has 16 heavy (non-hydrogen) atoms. The monoisotopic (exact) mass is 238 g/mol. The minimum Gasteiger partial charge on any atom is -0.481 e. The van der Waals surface area contributed by atoms with Crippen molar-refractivity contribution in [3.05, 3.63) is 33.4 Å². The number of nitro groups is 1. The molecule has 1 aromatic carbocycles.